The van der Waals surface area contributed by atoms with Gasteiger partial charge >= 0.3 is 7.60 Å². The van der Waals surface area contributed by atoms with E-state index in [-0.39, 0.29) is 6.10 Å². The molecule has 1 aromatic carbocycles. The zero-order valence-corrected chi connectivity index (χ0v) is 17.1. The molecular weight excluding hydrogens is 361 g/mol. The molecule has 9 heteroatoms. The van der Waals surface area contributed by atoms with Crippen molar-refractivity contribution in [3.63, 3.8) is 0 Å². The quantitative estimate of drug-likeness (QED) is 0.593. The van der Waals surface area contributed by atoms with Gasteiger partial charge in [0.2, 0.25) is 5.75 Å². The molecule has 1 heterocycles. The lowest BCUT2D eigenvalue weighted by Gasteiger charge is -2.25. The van der Waals surface area contributed by atoms with E-state index in [0.717, 1.165) is 5.56 Å². The first-order valence-electron chi connectivity index (χ1n) is 8.52. The highest BCUT2D eigenvalue weighted by Gasteiger charge is 2.46. The lowest BCUT2D eigenvalue weighted by molar-refractivity contribution is -0.137. The molecule has 0 amide bonds. The number of hydroxylamine groups is 2. The zero-order chi connectivity index (χ0) is 19.3. The van der Waals surface area contributed by atoms with Gasteiger partial charge in [-0.1, -0.05) is 0 Å². The standard InChI is InChI=1S/C17H28NO7P/c1-7-23-26(19,24-8-2)16-11-13(25-18(16)3)12-9-14(20-4)17(22-6)15(10-12)21-5/h9-10,13,16H,7-8,11H2,1-6H3/t13-,16+/m1/s1. The highest BCUT2D eigenvalue weighted by molar-refractivity contribution is 7.54. The Labute approximate surface area is 154 Å². The van der Waals surface area contributed by atoms with Crippen molar-refractivity contribution in [2.75, 3.05) is 41.6 Å². The van der Waals surface area contributed by atoms with Gasteiger partial charge in [-0.05, 0) is 31.5 Å². The Morgan fingerprint density at radius 2 is 1.62 bits per heavy atom. The molecule has 0 saturated carbocycles. The molecule has 1 aliphatic heterocycles. The number of hydrogen-bond donors (Lipinski definition) is 0. The van der Waals surface area contributed by atoms with Crippen LogP contribution >= 0.6 is 7.60 Å². The maximum absolute atomic E-state index is 13.1. The molecule has 0 radical (unpaired) electrons. The van der Waals surface area contributed by atoms with E-state index in [4.69, 9.17) is 28.1 Å². The van der Waals surface area contributed by atoms with Crippen LogP contribution in [0.5, 0.6) is 17.2 Å². The lowest BCUT2D eigenvalue weighted by atomic mass is 10.1. The SMILES string of the molecule is CCOP(=O)(OCC)[C@H]1C[C@H](c2cc(OC)c(OC)c(OC)c2)ON1C. The minimum absolute atomic E-state index is 0.302. The van der Waals surface area contributed by atoms with Gasteiger partial charge in [0.25, 0.3) is 0 Å². The molecule has 0 bridgehead atoms. The molecule has 2 atom stereocenters. The van der Waals surface area contributed by atoms with Gasteiger partial charge in [-0.15, -0.1) is 0 Å². The zero-order valence-electron chi connectivity index (χ0n) is 16.2. The van der Waals surface area contributed by atoms with Gasteiger partial charge in [-0.25, -0.2) is 0 Å². The topological polar surface area (TPSA) is 75.7 Å². The summed E-state index contributed by atoms with van der Waals surface area (Å²) in [5, 5.41) is 1.56. The minimum atomic E-state index is -3.32. The van der Waals surface area contributed by atoms with Crippen molar-refractivity contribution in [1.29, 1.82) is 0 Å². The van der Waals surface area contributed by atoms with Crippen molar-refractivity contribution in [2.45, 2.75) is 32.2 Å². The van der Waals surface area contributed by atoms with Crippen LogP contribution in [-0.2, 0) is 18.5 Å². The second kappa shape index (κ2) is 9.06. The molecule has 0 N–H and O–H groups in total. The molecule has 0 aliphatic carbocycles. The molecule has 0 spiro atoms. The Kier molecular flexibility index (Phi) is 7.32. The lowest BCUT2D eigenvalue weighted by Crippen LogP contribution is -2.25. The van der Waals surface area contributed by atoms with E-state index in [1.807, 2.05) is 12.1 Å². The predicted molar refractivity (Wildman–Crippen MR) is 97.0 cm³/mol. The van der Waals surface area contributed by atoms with Crippen molar-refractivity contribution in [2.24, 2.45) is 0 Å². The average Bonchev–Trinajstić information content (AvgIpc) is 3.03. The summed E-state index contributed by atoms with van der Waals surface area (Å²) in [5.74, 6) is 1.09. The highest BCUT2D eigenvalue weighted by atomic mass is 31.2. The van der Waals surface area contributed by atoms with Crippen molar-refractivity contribution >= 4 is 7.60 Å². The largest absolute Gasteiger partial charge is 0.493 e. The van der Waals surface area contributed by atoms with Gasteiger partial charge in [0, 0.05) is 13.5 Å². The maximum Gasteiger partial charge on any atom is 0.350 e. The van der Waals surface area contributed by atoms with Crippen LogP contribution < -0.4 is 14.2 Å². The second-order valence-corrected chi connectivity index (χ2v) is 7.88. The molecule has 0 unspecified atom stereocenters. The Hall–Kier alpha value is -1.31. The van der Waals surface area contributed by atoms with E-state index in [2.05, 4.69) is 0 Å². The van der Waals surface area contributed by atoms with E-state index in [0.29, 0.717) is 36.9 Å². The first-order valence-corrected chi connectivity index (χ1v) is 10.1. The van der Waals surface area contributed by atoms with E-state index < -0.39 is 13.4 Å². The summed E-state index contributed by atoms with van der Waals surface area (Å²) >= 11 is 0. The first kappa shape index (κ1) is 21.0. The molecule has 1 aromatic rings. The van der Waals surface area contributed by atoms with Gasteiger partial charge in [-0.3, -0.25) is 9.40 Å². The van der Waals surface area contributed by atoms with E-state index in [1.165, 1.54) is 0 Å². The van der Waals surface area contributed by atoms with Crippen molar-refractivity contribution < 1.29 is 32.7 Å². The number of nitrogens with zero attached hydrogens (tertiary/aromatic N) is 1. The van der Waals surface area contributed by atoms with Crippen LogP contribution in [0.4, 0.5) is 0 Å². The van der Waals surface area contributed by atoms with Gasteiger partial charge in [-0.2, -0.15) is 5.06 Å². The maximum atomic E-state index is 13.1. The van der Waals surface area contributed by atoms with Crippen molar-refractivity contribution in [3.8, 4) is 17.2 Å². The third kappa shape index (κ3) is 4.15. The summed E-state index contributed by atoms with van der Waals surface area (Å²) in [6.07, 6.45) is 0.111. The third-order valence-electron chi connectivity index (χ3n) is 4.18. The molecule has 1 saturated heterocycles. The number of ether oxygens (including phenoxy) is 3. The normalized spacial score (nSPS) is 21.0. The summed E-state index contributed by atoms with van der Waals surface area (Å²) in [4.78, 5) is 5.92. The Morgan fingerprint density at radius 3 is 2.04 bits per heavy atom. The fourth-order valence-electron chi connectivity index (χ4n) is 3.04. The van der Waals surface area contributed by atoms with Gasteiger partial charge < -0.3 is 23.3 Å². The summed E-state index contributed by atoms with van der Waals surface area (Å²) in [5.41, 5.74) is 0.827. The second-order valence-electron chi connectivity index (χ2n) is 5.69. The van der Waals surface area contributed by atoms with Crippen LogP contribution in [0, 0.1) is 0 Å². The van der Waals surface area contributed by atoms with Gasteiger partial charge in [0.15, 0.2) is 11.5 Å². The number of rotatable bonds is 9. The van der Waals surface area contributed by atoms with Crippen LogP contribution in [0.3, 0.4) is 0 Å². The summed E-state index contributed by atoms with van der Waals surface area (Å²) < 4.78 is 40.2. The minimum Gasteiger partial charge on any atom is -0.493 e. The van der Waals surface area contributed by atoms with Crippen LogP contribution in [0.15, 0.2) is 12.1 Å². The third-order valence-corrected chi connectivity index (χ3v) is 6.68. The summed E-state index contributed by atoms with van der Waals surface area (Å²) in [6, 6.07) is 3.66. The smallest absolute Gasteiger partial charge is 0.350 e. The van der Waals surface area contributed by atoms with Crippen LogP contribution in [0.25, 0.3) is 0 Å². The van der Waals surface area contributed by atoms with Crippen molar-refractivity contribution in [1.82, 2.24) is 5.06 Å². The van der Waals surface area contributed by atoms with Crippen LogP contribution in [0.2, 0.25) is 0 Å². The van der Waals surface area contributed by atoms with Crippen LogP contribution in [0.1, 0.15) is 31.9 Å². The van der Waals surface area contributed by atoms with E-state index in [9.17, 15) is 4.57 Å². The molecule has 1 fully saturated rings. The molecule has 8 nitrogen and oxygen atoms in total. The van der Waals surface area contributed by atoms with Gasteiger partial charge in [0.05, 0.1) is 34.5 Å². The first-order chi connectivity index (χ1) is 12.4. The van der Waals surface area contributed by atoms with Gasteiger partial charge in [0.1, 0.15) is 11.9 Å². The fraction of sp³-hybridized carbons (Fsp3) is 0.647. The van der Waals surface area contributed by atoms with E-state index >= 15 is 0 Å². The molecule has 1 aliphatic rings. The molecule has 2 rings (SSSR count). The molecule has 0 aromatic heterocycles. The average molecular weight is 389 g/mol. The molecule has 26 heavy (non-hydrogen) atoms. The Balaban J connectivity index is 2.33. The summed E-state index contributed by atoms with van der Waals surface area (Å²) in [6.45, 7) is 4.18. The number of methoxy groups -OCH3 is 3. The Morgan fingerprint density at radius 1 is 1.08 bits per heavy atom. The fourth-order valence-corrected chi connectivity index (χ4v) is 5.08. The molecular formula is C17H28NO7P. The van der Waals surface area contributed by atoms with E-state index in [1.54, 1.807) is 47.3 Å². The molecule has 148 valence electrons. The summed E-state index contributed by atoms with van der Waals surface area (Å²) in [7, 11) is 3.08. The van der Waals surface area contributed by atoms with Crippen molar-refractivity contribution in [3.05, 3.63) is 17.7 Å². The number of hydrogen-bond acceptors (Lipinski definition) is 8. The predicted octanol–water partition coefficient (Wildman–Crippen LogP) is 3.61. The monoisotopic (exact) mass is 389 g/mol. The Bertz CT molecular complexity index is 619. The highest BCUT2D eigenvalue weighted by Crippen LogP contribution is 2.59. The van der Waals surface area contributed by atoms with Crippen LogP contribution in [-0.4, -0.2) is 52.4 Å². The number of benzene rings is 1.